The Morgan fingerprint density at radius 3 is 2.15 bits per heavy atom. The van der Waals surface area contributed by atoms with Crippen molar-refractivity contribution in [3.8, 4) is 0 Å². The van der Waals surface area contributed by atoms with E-state index >= 15 is 0 Å². The predicted molar refractivity (Wildman–Crippen MR) is 87.6 cm³/mol. The highest BCUT2D eigenvalue weighted by atomic mass is 14.2. The number of hydrogen-bond acceptors (Lipinski definition) is 0. The molecule has 0 unspecified atom stereocenters. The zero-order valence-electron chi connectivity index (χ0n) is 12.5. The molecule has 0 aliphatic heterocycles. The van der Waals surface area contributed by atoms with Crippen LogP contribution >= 0.6 is 0 Å². The Morgan fingerprint density at radius 1 is 0.600 bits per heavy atom. The van der Waals surface area contributed by atoms with Gasteiger partial charge in [0.05, 0.1) is 0 Å². The van der Waals surface area contributed by atoms with Gasteiger partial charge in [0.1, 0.15) is 0 Å². The molecule has 1 aromatic carbocycles. The van der Waals surface area contributed by atoms with Crippen molar-refractivity contribution in [3.63, 3.8) is 0 Å². The van der Waals surface area contributed by atoms with Gasteiger partial charge in [0.2, 0.25) is 0 Å². The predicted octanol–water partition coefficient (Wildman–Crippen LogP) is 6.29. The van der Waals surface area contributed by atoms with Gasteiger partial charge < -0.3 is 0 Å². The van der Waals surface area contributed by atoms with Crippen LogP contribution < -0.4 is 0 Å². The SMILES string of the molecule is C1=C(C2=C(c3ccccc3)CCCCC2)CCCCC1. The lowest BCUT2D eigenvalue weighted by Gasteiger charge is -2.16. The molecule has 0 spiro atoms. The molecule has 106 valence electrons. The third-order valence-electron chi connectivity index (χ3n) is 4.77. The standard InChI is InChI=1S/C20H26/c1-2-6-12-17(11-5-1)19-15-9-4-10-16-20(19)18-13-7-3-8-14-18/h3,7-8,11,13-14H,1-2,4-6,9-10,12,15-16H2. The average Bonchev–Trinajstić information content (AvgIpc) is 2.90. The molecule has 2 aliphatic carbocycles. The minimum atomic E-state index is 1.27. The molecule has 0 nitrogen and oxygen atoms in total. The fraction of sp³-hybridized carbons (Fsp3) is 0.500. The van der Waals surface area contributed by atoms with E-state index in [0.717, 1.165) is 0 Å². The van der Waals surface area contributed by atoms with Crippen LogP contribution in [0, 0.1) is 0 Å². The van der Waals surface area contributed by atoms with Crippen LogP contribution in [0.3, 0.4) is 0 Å². The molecule has 0 heterocycles. The van der Waals surface area contributed by atoms with Gasteiger partial charge in [0, 0.05) is 0 Å². The maximum Gasteiger partial charge on any atom is -0.0222 e. The van der Waals surface area contributed by atoms with E-state index in [9.17, 15) is 0 Å². The summed E-state index contributed by atoms with van der Waals surface area (Å²) in [4.78, 5) is 0. The van der Waals surface area contributed by atoms with E-state index in [4.69, 9.17) is 0 Å². The average molecular weight is 266 g/mol. The van der Waals surface area contributed by atoms with Gasteiger partial charge in [-0.2, -0.15) is 0 Å². The number of allylic oxidation sites excluding steroid dienone is 4. The fourth-order valence-corrected chi connectivity index (χ4v) is 3.68. The van der Waals surface area contributed by atoms with Crippen molar-refractivity contribution < 1.29 is 0 Å². The Balaban J connectivity index is 2.00. The van der Waals surface area contributed by atoms with Crippen molar-refractivity contribution in [2.75, 3.05) is 0 Å². The van der Waals surface area contributed by atoms with Crippen molar-refractivity contribution in [1.82, 2.24) is 0 Å². The van der Waals surface area contributed by atoms with Gasteiger partial charge in [-0.25, -0.2) is 0 Å². The molecule has 0 saturated carbocycles. The van der Waals surface area contributed by atoms with Gasteiger partial charge in [-0.3, -0.25) is 0 Å². The Labute approximate surface area is 123 Å². The molecule has 0 bridgehead atoms. The minimum Gasteiger partial charge on any atom is -0.0810 e. The second-order valence-corrected chi connectivity index (χ2v) is 6.21. The first-order chi connectivity index (χ1) is 9.95. The molecule has 0 saturated heterocycles. The summed E-state index contributed by atoms with van der Waals surface area (Å²) in [7, 11) is 0. The van der Waals surface area contributed by atoms with Gasteiger partial charge in [-0.05, 0) is 73.6 Å². The van der Waals surface area contributed by atoms with Crippen molar-refractivity contribution >= 4 is 5.57 Å². The van der Waals surface area contributed by atoms with Gasteiger partial charge in [0.15, 0.2) is 0 Å². The number of benzene rings is 1. The van der Waals surface area contributed by atoms with Gasteiger partial charge >= 0.3 is 0 Å². The largest absolute Gasteiger partial charge is 0.0810 e. The van der Waals surface area contributed by atoms with Crippen LogP contribution in [-0.4, -0.2) is 0 Å². The Hall–Kier alpha value is -1.30. The quantitative estimate of drug-likeness (QED) is 0.589. The zero-order valence-corrected chi connectivity index (χ0v) is 12.5. The molecule has 1 aromatic rings. The van der Waals surface area contributed by atoms with E-state index in [1.165, 1.54) is 69.8 Å². The maximum atomic E-state index is 2.55. The summed E-state index contributed by atoms with van der Waals surface area (Å²) in [6, 6.07) is 11.1. The summed E-state index contributed by atoms with van der Waals surface area (Å²) in [6.07, 6.45) is 16.1. The van der Waals surface area contributed by atoms with Crippen LogP contribution in [0.2, 0.25) is 0 Å². The van der Waals surface area contributed by atoms with E-state index in [1.54, 1.807) is 16.7 Å². The van der Waals surface area contributed by atoms with E-state index in [2.05, 4.69) is 36.4 Å². The lowest BCUT2D eigenvalue weighted by molar-refractivity contribution is 0.699. The lowest BCUT2D eigenvalue weighted by Crippen LogP contribution is -1.95. The maximum absolute atomic E-state index is 2.55. The first-order valence-corrected chi connectivity index (χ1v) is 8.42. The molecule has 20 heavy (non-hydrogen) atoms. The highest BCUT2D eigenvalue weighted by Crippen LogP contribution is 2.37. The first-order valence-electron chi connectivity index (χ1n) is 8.42. The molecule has 0 radical (unpaired) electrons. The normalized spacial score (nSPS) is 21.1. The minimum absolute atomic E-state index is 1.27. The van der Waals surface area contributed by atoms with E-state index in [1.807, 2.05) is 0 Å². The third kappa shape index (κ3) is 3.23. The number of hydrogen-bond donors (Lipinski definition) is 0. The van der Waals surface area contributed by atoms with Crippen molar-refractivity contribution in [3.05, 3.63) is 53.1 Å². The Morgan fingerprint density at radius 2 is 1.30 bits per heavy atom. The highest BCUT2D eigenvalue weighted by molar-refractivity contribution is 5.72. The molecule has 0 aromatic heterocycles. The fourth-order valence-electron chi connectivity index (χ4n) is 3.68. The molecule has 0 amide bonds. The van der Waals surface area contributed by atoms with Crippen molar-refractivity contribution in [1.29, 1.82) is 0 Å². The Bertz CT molecular complexity index is 490. The topological polar surface area (TPSA) is 0 Å². The van der Waals surface area contributed by atoms with Crippen LogP contribution in [0.15, 0.2) is 47.6 Å². The molecular formula is C20H26. The summed E-state index contributed by atoms with van der Waals surface area (Å²) in [6.45, 7) is 0. The van der Waals surface area contributed by atoms with Crippen LogP contribution in [0.25, 0.3) is 5.57 Å². The smallest absolute Gasteiger partial charge is 0.0222 e. The second kappa shape index (κ2) is 6.92. The van der Waals surface area contributed by atoms with Crippen molar-refractivity contribution in [2.24, 2.45) is 0 Å². The van der Waals surface area contributed by atoms with Gasteiger partial charge in [0.25, 0.3) is 0 Å². The van der Waals surface area contributed by atoms with Crippen LogP contribution in [0.5, 0.6) is 0 Å². The lowest BCUT2D eigenvalue weighted by atomic mass is 9.89. The summed E-state index contributed by atoms with van der Waals surface area (Å²) in [5, 5.41) is 0. The summed E-state index contributed by atoms with van der Waals surface area (Å²) >= 11 is 0. The monoisotopic (exact) mass is 266 g/mol. The van der Waals surface area contributed by atoms with Gasteiger partial charge in [-0.1, -0.05) is 49.2 Å². The molecule has 2 aliphatic rings. The molecule has 0 fully saturated rings. The summed E-state index contributed by atoms with van der Waals surface area (Å²) in [5.41, 5.74) is 6.50. The van der Waals surface area contributed by atoms with Crippen LogP contribution in [0.4, 0.5) is 0 Å². The van der Waals surface area contributed by atoms with Gasteiger partial charge in [-0.15, -0.1) is 0 Å². The van der Waals surface area contributed by atoms with E-state index in [0.29, 0.717) is 0 Å². The highest BCUT2D eigenvalue weighted by Gasteiger charge is 2.17. The van der Waals surface area contributed by atoms with E-state index in [-0.39, 0.29) is 0 Å². The molecule has 3 rings (SSSR count). The summed E-state index contributed by atoms with van der Waals surface area (Å²) in [5.74, 6) is 0. The third-order valence-corrected chi connectivity index (χ3v) is 4.77. The second-order valence-electron chi connectivity index (χ2n) is 6.21. The first kappa shape index (κ1) is 13.7. The number of rotatable bonds is 2. The van der Waals surface area contributed by atoms with Crippen LogP contribution in [0.1, 0.15) is 69.8 Å². The summed E-state index contributed by atoms with van der Waals surface area (Å²) < 4.78 is 0. The zero-order chi connectivity index (χ0) is 13.6. The molecule has 0 atom stereocenters. The molecular weight excluding hydrogens is 240 g/mol. The molecule has 0 N–H and O–H groups in total. The van der Waals surface area contributed by atoms with Crippen molar-refractivity contribution in [2.45, 2.75) is 64.2 Å². The Kier molecular flexibility index (Phi) is 4.73. The van der Waals surface area contributed by atoms with E-state index < -0.39 is 0 Å². The van der Waals surface area contributed by atoms with Crippen LogP contribution in [-0.2, 0) is 0 Å². The molecule has 0 heteroatoms.